The molecule has 5 nitrogen and oxygen atoms in total. The lowest BCUT2D eigenvalue weighted by Gasteiger charge is -2.13. The van der Waals surface area contributed by atoms with E-state index in [2.05, 4.69) is 20.3 Å². The Morgan fingerprint density at radius 3 is 2.54 bits per heavy atom. The Balaban J connectivity index is 2.08. The van der Waals surface area contributed by atoms with Gasteiger partial charge in [-0.1, -0.05) is 6.92 Å². The summed E-state index contributed by atoms with van der Waals surface area (Å²) in [5.41, 5.74) is 1.75. The molecule has 0 fully saturated rings. The second-order valence-corrected chi connectivity index (χ2v) is 5.66. The highest BCUT2D eigenvalue weighted by molar-refractivity contribution is 5.86. The largest absolute Gasteiger partial charge is 0.387 e. The first-order valence-electron chi connectivity index (χ1n) is 7.82. The number of pyridine rings is 3. The van der Waals surface area contributed by atoms with Crippen LogP contribution in [-0.2, 0) is 0 Å². The zero-order chi connectivity index (χ0) is 17.3. The van der Waals surface area contributed by atoms with Crippen LogP contribution in [0.3, 0.4) is 0 Å². The lowest BCUT2D eigenvalue weighted by Crippen LogP contribution is -2.06. The molecule has 0 aliphatic rings. The first-order valence-corrected chi connectivity index (χ1v) is 7.82. The van der Waals surface area contributed by atoms with Gasteiger partial charge in [-0.2, -0.15) is 0 Å². The second-order valence-electron chi connectivity index (χ2n) is 5.66. The molecular formula is C18H19FN4O. The summed E-state index contributed by atoms with van der Waals surface area (Å²) in [5.74, 6) is 0.284. The van der Waals surface area contributed by atoms with Gasteiger partial charge < -0.3 is 10.4 Å². The van der Waals surface area contributed by atoms with Crippen molar-refractivity contribution in [3.63, 3.8) is 0 Å². The third-order valence-corrected chi connectivity index (χ3v) is 4.13. The molecular weight excluding hydrogens is 307 g/mol. The van der Waals surface area contributed by atoms with Crippen LogP contribution >= 0.6 is 0 Å². The molecule has 3 heterocycles. The molecule has 0 aliphatic heterocycles. The molecule has 0 unspecified atom stereocenters. The Kier molecular flexibility index (Phi) is 4.40. The van der Waals surface area contributed by atoms with Gasteiger partial charge in [-0.05, 0) is 31.0 Å². The number of halogens is 1. The van der Waals surface area contributed by atoms with Gasteiger partial charge in [-0.25, -0.2) is 9.37 Å². The first kappa shape index (κ1) is 16.3. The van der Waals surface area contributed by atoms with Crippen LogP contribution in [0.1, 0.15) is 30.7 Å². The zero-order valence-corrected chi connectivity index (χ0v) is 13.8. The van der Waals surface area contributed by atoms with Gasteiger partial charge in [0.25, 0.3) is 0 Å². The van der Waals surface area contributed by atoms with E-state index >= 15 is 0 Å². The molecule has 0 aromatic carbocycles. The molecule has 0 bridgehead atoms. The molecule has 3 aromatic heterocycles. The molecule has 0 aliphatic carbocycles. The van der Waals surface area contributed by atoms with Crippen molar-refractivity contribution in [3.8, 4) is 11.3 Å². The van der Waals surface area contributed by atoms with Gasteiger partial charge in [0.15, 0.2) is 5.82 Å². The standard InChI is InChI=1S/C18H19FN4O/c1-4-15(24)18-17(19)10(2)13(9-23-18)14-5-11-8-22-16(20-3)6-12(11)7-21-14/h5-9,15,24H,4H2,1-3H3,(H,20,22)/t15-/m1/s1. The van der Waals surface area contributed by atoms with Gasteiger partial charge >= 0.3 is 0 Å². The molecule has 1 atom stereocenters. The summed E-state index contributed by atoms with van der Waals surface area (Å²) in [5, 5.41) is 14.7. The van der Waals surface area contributed by atoms with Crippen molar-refractivity contribution in [2.24, 2.45) is 0 Å². The molecule has 2 N–H and O–H groups in total. The lowest BCUT2D eigenvalue weighted by molar-refractivity contribution is 0.163. The van der Waals surface area contributed by atoms with E-state index in [1.165, 1.54) is 0 Å². The topological polar surface area (TPSA) is 70.9 Å². The number of hydrogen-bond acceptors (Lipinski definition) is 5. The smallest absolute Gasteiger partial charge is 0.150 e. The minimum atomic E-state index is -0.897. The summed E-state index contributed by atoms with van der Waals surface area (Å²) < 4.78 is 14.5. The molecule has 3 rings (SSSR count). The molecule has 0 radical (unpaired) electrons. The minimum absolute atomic E-state index is 0.0832. The minimum Gasteiger partial charge on any atom is -0.387 e. The van der Waals surface area contributed by atoms with Crippen LogP contribution in [-0.4, -0.2) is 27.1 Å². The van der Waals surface area contributed by atoms with Crippen molar-refractivity contribution >= 4 is 16.6 Å². The van der Waals surface area contributed by atoms with E-state index < -0.39 is 11.9 Å². The highest BCUT2D eigenvalue weighted by Crippen LogP contribution is 2.29. The van der Waals surface area contributed by atoms with Crippen LogP contribution < -0.4 is 5.32 Å². The predicted molar refractivity (Wildman–Crippen MR) is 92.3 cm³/mol. The molecule has 24 heavy (non-hydrogen) atoms. The molecule has 0 spiro atoms. The number of anilines is 1. The normalized spacial score (nSPS) is 12.4. The van der Waals surface area contributed by atoms with Crippen LogP contribution in [0.25, 0.3) is 22.0 Å². The van der Waals surface area contributed by atoms with Gasteiger partial charge in [-0.15, -0.1) is 0 Å². The van der Waals surface area contributed by atoms with Crippen LogP contribution in [0.2, 0.25) is 0 Å². The van der Waals surface area contributed by atoms with Crippen LogP contribution in [0.5, 0.6) is 0 Å². The number of aliphatic hydroxyl groups is 1. The van der Waals surface area contributed by atoms with Crippen LogP contribution in [0, 0.1) is 12.7 Å². The molecule has 124 valence electrons. The van der Waals surface area contributed by atoms with Crippen molar-refractivity contribution in [2.45, 2.75) is 26.4 Å². The van der Waals surface area contributed by atoms with Crippen molar-refractivity contribution in [1.29, 1.82) is 0 Å². The van der Waals surface area contributed by atoms with Crippen molar-refractivity contribution < 1.29 is 9.50 Å². The molecule has 6 heteroatoms. The Morgan fingerprint density at radius 1 is 1.12 bits per heavy atom. The maximum absolute atomic E-state index is 14.5. The van der Waals surface area contributed by atoms with E-state index in [4.69, 9.17) is 0 Å². The fourth-order valence-corrected chi connectivity index (χ4v) is 2.60. The van der Waals surface area contributed by atoms with E-state index in [-0.39, 0.29) is 5.69 Å². The summed E-state index contributed by atoms with van der Waals surface area (Å²) in [4.78, 5) is 12.8. The molecule has 3 aromatic rings. The number of nitrogens with one attached hydrogen (secondary N) is 1. The van der Waals surface area contributed by atoms with Gasteiger partial charge in [0.2, 0.25) is 0 Å². The molecule has 0 amide bonds. The van der Waals surface area contributed by atoms with Crippen molar-refractivity contribution in [3.05, 3.63) is 47.8 Å². The Bertz CT molecular complexity index is 898. The van der Waals surface area contributed by atoms with Crippen molar-refractivity contribution in [1.82, 2.24) is 15.0 Å². The molecule has 0 saturated heterocycles. The lowest BCUT2D eigenvalue weighted by atomic mass is 10.0. The van der Waals surface area contributed by atoms with Gasteiger partial charge in [0.05, 0.1) is 11.8 Å². The first-order chi connectivity index (χ1) is 11.5. The number of fused-ring (bicyclic) bond motifs is 1. The third-order valence-electron chi connectivity index (χ3n) is 4.13. The predicted octanol–water partition coefficient (Wildman–Crippen LogP) is 3.62. The number of aliphatic hydroxyl groups excluding tert-OH is 1. The van der Waals surface area contributed by atoms with Crippen LogP contribution in [0.15, 0.2) is 30.7 Å². The number of hydrogen-bond donors (Lipinski definition) is 2. The Labute approximate surface area is 139 Å². The molecule has 0 saturated carbocycles. The van der Waals surface area contributed by atoms with Gasteiger partial charge in [0, 0.05) is 42.0 Å². The Morgan fingerprint density at radius 2 is 1.83 bits per heavy atom. The monoisotopic (exact) mass is 326 g/mol. The summed E-state index contributed by atoms with van der Waals surface area (Å²) >= 11 is 0. The summed E-state index contributed by atoms with van der Waals surface area (Å²) in [6.45, 7) is 3.46. The fraction of sp³-hybridized carbons (Fsp3) is 0.278. The third kappa shape index (κ3) is 2.80. The quantitative estimate of drug-likeness (QED) is 0.766. The van der Waals surface area contributed by atoms with E-state index in [0.29, 0.717) is 23.2 Å². The highest BCUT2D eigenvalue weighted by Gasteiger charge is 2.18. The summed E-state index contributed by atoms with van der Waals surface area (Å²) in [7, 11) is 1.81. The van der Waals surface area contributed by atoms with Gasteiger partial charge in [-0.3, -0.25) is 9.97 Å². The maximum Gasteiger partial charge on any atom is 0.150 e. The SMILES string of the molecule is CC[C@@H](O)c1ncc(-c2cc3cnc(NC)cc3cn2)c(C)c1F. The number of rotatable bonds is 4. The number of aromatic nitrogens is 3. The van der Waals surface area contributed by atoms with E-state index in [0.717, 1.165) is 16.6 Å². The average Bonchev–Trinajstić information content (AvgIpc) is 2.62. The zero-order valence-electron chi connectivity index (χ0n) is 13.8. The maximum atomic E-state index is 14.5. The summed E-state index contributed by atoms with van der Waals surface area (Å²) in [6, 6.07) is 3.76. The van der Waals surface area contributed by atoms with Crippen molar-refractivity contribution in [2.75, 3.05) is 12.4 Å². The van der Waals surface area contributed by atoms with Crippen LogP contribution in [0.4, 0.5) is 10.2 Å². The van der Waals surface area contributed by atoms with Gasteiger partial charge in [0.1, 0.15) is 11.5 Å². The van der Waals surface area contributed by atoms with E-state index in [1.54, 1.807) is 39.5 Å². The average molecular weight is 326 g/mol. The highest BCUT2D eigenvalue weighted by atomic mass is 19.1. The Hall–Kier alpha value is -2.60. The van der Waals surface area contributed by atoms with E-state index in [1.807, 2.05) is 12.1 Å². The fourth-order valence-electron chi connectivity index (χ4n) is 2.60. The summed E-state index contributed by atoms with van der Waals surface area (Å²) in [6.07, 6.45) is 4.57. The van der Waals surface area contributed by atoms with E-state index in [9.17, 15) is 9.50 Å². The number of nitrogens with zero attached hydrogens (tertiary/aromatic N) is 3. The second kappa shape index (κ2) is 6.49.